The average molecular weight is 181 g/mol. The predicted molar refractivity (Wildman–Crippen MR) is 36.7 cm³/mol. The molecule has 1 heterocycles. The lowest BCUT2D eigenvalue weighted by atomic mass is 10.4. The third-order valence-corrected chi connectivity index (χ3v) is 1.54. The Kier molecular flexibility index (Phi) is 2.06. The highest BCUT2D eigenvalue weighted by molar-refractivity contribution is 6.32. The Balaban J connectivity index is 3.31. The molecule has 0 fully saturated rings. The fourth-order valence-electron chi connectivity index (χ4n) is 0.440. The first kappa shape index (κ1) is 7.69. The van der Waals surface area contributed by atoms with Crippen LogP contribution in [-0.2, 0) is 0 Å². The molecule has 0 N–H and O–H groups in total. The molecule has 1 rings (SSSR count). The van der Waals surface area contributed by atoms with E-state index in [0.717, 1.165) is 0 Å². The van der Waals surface area contributed by atoms with E-state index in [1.54, 1.807) is 0 Å². The Morgan fingerprint density at radius 1 is 1.30 bits per heavy atom. The zero-order valence-corrected chi connectivity index (χ0v) is 6.54. The van der Waals surface area contributed by atoms with Crippen molar-refractivity contribution < 1.29 is 4.39 Å². The van der Waals surface area contributed by atoms with Crippen LogP contribution in [0.5, 0.6) is 0 Å². The van der Waals surface area contributed by atoms with Crippen molar-refractivity contribution in [2.45, 2.75) is 6.92 Å². The molecule has 10 heavy (non-hydrogen) atoms. The van der Waals surface area contributed by atoms with Crippen LogP contribution in [0, 0.1) is 12.9 Å². The van der Waals surface area contributed by atoms with Crippen LogP contribution in [0.2, 0.25) is 10.4 Å². The molecule has 54 valence electrons. The smallest absolute Gasteiger partial charge is 0.206 e. The van der Waals surface area contributed by atoms with E-state index in [1.807, 2.05) is 0 Å². The van der Waals surface area contributed by atoms with Crippen molar-refractivity contribution in [2.24, 2.45) is 0 Å². The second kappa shape index (κ2) is 2.68. The second-order valence-electron chi connectivity index (χ2n) is 1.70. The van der Waals surface area contributed by atoms with Gasteiger partial charge in [0.05, 0.1) is 0 Å². The summed E-state index contributed by atoms with van der Waals surface area (Å²) in [4.78, 5) is 6.75. The first-order valence-electron chi connectivity index (χ1n) is 2.46. The van der Waals surface area contributed by atoms with Gasteiger partial charge in [-0.2, -0.15) is 9.37 Å². The van der Waals surface area contributed by atoms with Gasteiger partial charge in [0.25, 0.3) is 0 Å². The summed E-state index contributed by atoms with van der Waals surface area (Å²) in [5, 5.41) is -0.120. The molecule has 5 heteroatoms. The first-order valence-corrected chi connectivity index (χ1v) is 3.22. The Morgan fingerprint density at radius 2 is 1.90 bits per heavy atom. The molecule has 0 amide bonds. The van der Waals surface area contributed by atoms with Gasteiger partial charge in [0.1, 0.15) is 5.15 Å². The van der Waals surface area contributed by atoms with Crippen molar-refractivity contribution in [1.82, 2.24) is 9.97 Å². The van der Waals surface area contributed by atoms with Crippen molar-refractivity contribution in [3.05, 3.63) is 21.9 Å². The molecule has 0 aliphatic heterocycles. The topological polar surface area (TPSA) is 25.8 Å². The van der Waals surface area contributed by atoms with Gasteiger partial charge in [-0.1, -0.05) is 11.6 Å². The molecule has 1 aromatic heterocycles. The van der Waals surface area contributed by atoms with E-state index < -0.39 is 5.95 Å². The summed E-state index contributed by atoms with van der Waals surface area (Å²) in [6, 6.07) is 0. The molecule has 0 aromatic carbocycles. The number of nitrogens with zero attached hydrogens (tertiary/aromatic N) is 2. The van der Waals surface area contributed by atoms with E-state index in [-0.39, 0.29) is 16.0 Å². The second-order valence-corrected chi connectivity index (χ2v) is 2.40. The molecule has 0 aliphatic rings. The van der Waals surface area contributed by atoms with Crippen molar-refractivity contribution in [3.63, 3.8) is 0 Å². The molecule has 0 aliphatic carbocycles. The van der Waals surface area contributed by atoms with Crippen LogP contribution < -0.4 is 0 Å². The summed E-state index contributed by atoms with van der Waals surface area (Å²) in [7, 11) is 0. The van der Waals surface area contributed by atoms with Crippen molar-refractivity contribution in [3.8, 4) is 0 Å². The molecule has 0 saturated carbocycles. The van der Waals surface area contributed by atoms with E-state index in [1.165, 1.54) is 6.92 Å². The van der Waals surface area contributed by atoms with E-state index in [4.69, 9.17) is 23.2 Å². The van der Waals surface area contributed by atoms with Gasteiger partial charge in [-0.15, -0.1) is 0 Å². The minimum atomic E-state index is -0.676. The maximum absolute atomic E-state index is 12.5. The summed E-state index contributed by atoms with van der Waals surface area (Å²) in [5.41, 5.74) is 0.214. The van der Waals surface area contributed by atoms with E-state index in [0.29, 0.717) is 0 Å². The molecule has 0 bridgehead atoms. The standard InChI is InChI=1S/C5H3Cl2FN2/c1-2-3(6)9-5(7)10-4(2)8/h1H3. The normalized spacial score (nSPS) is 10.0. The minimum absolute atomic E-state index is 0.0532. The van der Waals surface area contributed by atoms with Crippen molar-refractivity contribution >= 4 is 23.2 Å². The average Bonchev–Trinajstić information content (AvgIpc) is 1.82. The highest BCUT2D eigenvalue weighted by Gasteiger charge is 2.05. The highest BCUT2D eigenvalue weighted by atomic mass is 35.5. The summed E-state index contributed by atoms with van der Waals surface area (Å²) in [6.45, 7) is 1.48. The Morgan fingerprint density at radius 3 is 2.40 bits per heavy atom. The molecular weight excluding hydrogens is 178 g/mol. The monoisotopic (exact) mass is 180 g/mol. The molecular formula is C5H3Cl2FN2. The molecule has 0 atom stereocenters. The van der Waals surface area contributed by atoms with E-state index >= 15 is 0 Å². The molecule has 2 nitrogen and oxygen atoms in total. The van der Waals surface area contributed by atoms with Crippen LogP contribution in [0.15, 0.2) is 0 Å². The first-order chi connectivity index (χ1) is 4.61. The van der Waals surface area contributed by atoms with Gasteiger partial charge in [-0.3, -0.25) is 0 Å². The summed E-state index contributed by atoms with van der Waals surface area (Å²) in [5.74, 6) is -0.676. The van der Waals surface area contributed by atoms with Crippen LogP contribution in [0.1, 0.15) is 5.56 Å². The van der Waals surface area contributed by atoms with Gasteiger partial charge < -0.3 is 0 Å². The number of rotatable bonds is 0. The van der Waals surface area contributed by atoms with Gasteiger partial charge in [-0.05, 0) is 18.5 Å². The highest BCUT2D eigenvalue weighted by Crippen LogP contribution is 2.15. The van der Waals surface area contributed by atoms with E-state index in [9.17, 15) is 4.39 Å². The van der Waals surface area contributed by atoms with Gasteiger partial charge in [0, 0.05) is 5.56 Å². The van der Waals surface area contributed by atoms with E-state index in [2.05, 4.69) is 9.97 Å². The lowest BCUT2D eigenvalue weighted by Gasteiger charge is -1.96. The maximum Gasteiger partial charge on any atom is 0.226 e. The van der Waals surface area contributed by atoms with Crippen LogP contribution in [0.25, 0.3) is 0 Å². The zero-order chi connectivity index (χ0) is 7.72. The van der Waals surface area contributed by atoms with Gasteiger partial charge in [0.15, 0.2) is 0 Å². The number of hydrogen-bond acceptors (Lipinski definition) is 2. The van der Waals surface area contributed by atoms with Gasteiger partial charge in [-0.25, -0.2) is 4.98 Å². The summed E-state index contributed by atoms with van der Waals surface area (Å²) < 4.78 is 12.5. The number of aromatic nitrogens is 2. The maximum atomic E-state index is 12.5. The molecule has 1 aromatic rings. The molecule has 0 saturated heterocycles. The lowest BCUT2D eigenvalue weighted by Crippen LogP contribution is -1.93. The quantitative estimate of drug-likeness (QED) is 0.453. The SMILES string of the molecule is Cc1c(F)nc(Cl)nc1Cl. The van der Waals surface area contributed by atoms with Crippen LogP contribution in [0.3, 0.4) is 0 Å². The minimum Gasteiger partial charge on any atom is -0.206 e. The van der Waals surface area contributed by atoms with Crippen LogP contribution in [0.4, 0.5) is 4.39 Å². The van der Waals surface area contributed by atoms with Crippen LogP contribution in [-0.4, -0.2) is 9.97 Å². The molecule has 0 unspecified atom stereocenters. The largest absolute Gasteiger partial charge is 0.226 e. The fraction of sp³-hybridized carbons (Fsp3) is 0.200. The fourth-order valence-corrected chi connectivity index (χ4v) is 0.800. The molecule has 0 spiro atoms. The Hall–Kier alpha value is -0.410. The third-order valence-electron chi connectivity index (χ3n) is 1.000. The summed E-state index contributed by atoms with van der Waals surface area (Å²) in [6.07, 6.45) is 0. The van der Waals surface area contributed by atoms with Crippen molar-refractivity contribution in [1.29, 1.82) is 0 Å². The van der Waals surface area contributed by atoms with Crippen molar-refractivity contribution in [2.75, 3.05) is 0 Å². The Bertz CT molecular complexity index is 241. The third kappa shape index (κ3) is 1.36. The number of halogens is 3. The van der Waals surface area contributed by atoms with Crippen LogP contribution >= 0.6 is 23.2 Å². The van der Waals surface area contributed by atoms with Gasteiger partial charge >= 0.3 is 0 Å². The zero-order valence-electron chi connectivity index (χ0n) is 5.03. The Labute approximate surface area is 67.0 Å². The number of hydrogen-bond donors (Lipinski definition) is 0. The molecule has 0 radical (unpaired) electrons. The van der Waals surface area contributed by atoms with Gasteiger partial charge in [0.2, 0.25) is 11.2 Å². The summed E-state index contributed by atoms with van der Waals surface area (Å²) >= 11 is 10.7. The predicted octanol–water partition coefficient (Wildman–Crippen LogP) is 2.23. The lowest BCUT2D eigenvalue weighted by molar-refractivity contribution is 0.570.